The van der Waals surface area contributed by atoms with Crippen molar-refractivity contribution in [3.63, 3.8) is 0 Å². The summed E-state index contributed by atoms with van der Waals surface area (Å²) in [5.74, 6) is -0.131. The van der Waals surface area contributed by atoms with E-state index in [1.807, 2.05) is 79.7 Å². The Balaban J connectivity index is 1.50. The molecule has 4 aromatic rings. The quantitative estimate of drug-likeness (QED) is 0.483. The van der Waals surface area contributed by atoms with Gasteiger partial charge in [-0.15, -0.1) is 11.3 Å². The van der Waals surface area contributed by atoms with Crippen molar-refractivity contribution in [3.8, 4) is 10.7 Å². The first-order chi connectivity index (χ1) is 14.7. The van der Waals surface area contributed by atoms with E-state index in [1.54, 1.807) is 12.4 Å². The maximum Gasteiger partial charge on any atom is 0.263 e. The fourth-order valence-electron chi connectivity index (χ4n) is 2.89. The lowest BCUT2D eigenvalue weighted by Gasteiger charge is -2.03. The van der Waals surface area contributed by atoms with Crippen molar-refractivity contribution in [3.05, 3.63) is 100 Å². The van der Waals surface area contributed by atoms with Gasteiger partial charge in [-0.25, -0.2) is 9.97 Å². The zero-order valence-electron chi connectivity index (χ0n) is 16.4. The van der Waals surface area contributed by atoms with E-state index in [0.29, 0.717) is 27.8 Å². The zero-order chi connectivity index (χ0) is 20.8. The van der Waals surface area contributed by atoms with Crippen LogP contribution in [0, 0.1) is 6.92 Å². The van der Waals surface area contributed by atoms with Crippen LogP contribution in [-0.4, -0.2) is 20.9 Å². The highest BCUT2D eigenvalue weighted by molar-refractivity contribution is 7.17. The van der Waals surface area contributed by atoms with Crippen molar-refractivity contribution in [2.24, 2.45) is 0 Å². The molecule has 5 nitrogen and oxygen atoms in total. The molecule has 6 heteroatoms. The number of aromatic nitrogens is 3. The summed E-state index contributed by atoms with van der Waals surface area (Å²) >= 11 is 1.33. The van der Waals surface area contributed by atoms with Gasteiger partial charge in [0.1, 0.15) is 15.6 Å². The van der Waals surface area contributed by atoms with E-state index in [4.69, 9.17) is 0 Å². The number of hydrogen-bond donors (Lipinski definition) is 1. The molecule has 2 heterocycles. The Morgan fingerprint density at radius 2 is 1.70 bits per heavy atom. The van der Waals surface area contributed by atoms with Crippen LogP contribution in [0.1, 0.15) is 32.2 Å². The largest absolute Gasteiger partial charge is 0.347 e. The number of nitrogens with zero attached hydrogens (tertiary/aromatic N) is 3. The standard InChI is InChI=1S/C24H20N4OS/c1-17-22(23(29)26-14-19-10-6-3-7-11-19)30-24(27-17)21-16-25-15-20(28-21)13-12-18-8-4-2-5-9-18/h2-13,15-16H,14H2,1H3,(H,26,29)/b13-12+. The second-order valence-electron chi connectivity index (χ2n) is 6.68. The van der Waals surface area contributed by atoms with E-state index < -0.39 is 0 Å². The van der Waals surface area contributed by atoms with Gasteiger partial charge in [0.2, 0.25) is 0 Å². The molecular formula is C24H20N4OS. The number of benzene rings is 2. The van der Waals surface area contributed by atoms with Gasteiger partial charge in [-0.05, 0) is 24.1 Å². The zero-order valence-corrected chi connectivity index (χ0v) is 17.3. The molecule has 0 spiro atoms. The Morgan fingerprint density at radius 3 is 2.47 bits per heavy atom. The predicted molar refractivity (Wildman–Crippen MR) is 121 cm³/mol. The predicted octanol–water partition coefficient (Wildman–Crippen LogP) is 5.01. The number of thiazole rings is 1. The van der Waals surface area contributed by atoms with Gasteiger partial charge in [0.15, 0.2) is 0 Å². The molecule has 2 aromatic heterocycles. The van der Waals surface area contributed by atoms with Gasteiger partial charge in [-0.2, -0.15) is 0 Å². The van der Waals surface area contributed by atoms with Gasteiger partial charge >= 0.3 is 0 Å². The molecule has 0 fully saturated rings. The number of hydrogen-bond acceptors (Lipinski definition) is 5. The smallest absolute Gasteiger partial charge is 0.263 e. The molecule has 0 aliphatic rings. The number of carbonyl (C=O) groups is 1. The summed E-state index contributed by atoms with van der Waals surface area (Å²) in [4.78, 5) is 26.7. The summed E-state index contributed by atoms with van der Waals surface area (Å²) in [5.41, 5.74) is 4.22. The fraction of sp³-hybridized carbons (Fsp3) is 0.0833. The normalized spacial score (nSPS) is 11.0. The minimum absolute atomic E-state index is 0.131. The third-order valence-corrected chi connectivity index (χ3v) is 5.60. The molecule has 0 bridgehead atoms. The minimum Gasteiger partial charge on any atom is -0.347 e. The van der Waals surface area contributed by atoms with Crippen LogP contribution in [0.4, 0.5) is 0 Å². The van der Waals surface area contributed by atoms with Crippen molar-refractivity contribution in [2.45, 2.75) is 13.5 Å². The molecule has 0 aliphatic carbocycles. The molecule has 0 saturated heterocycles. The van der Waals surface area contributed by atoms with Crippen LogP contribution < -0.4 is 5.32 Å². The molecule has 148 valence electrons. The van der Waals surface area contributed by atoms with E-state index in [1.165, 1.54) is 11.3 Å². The third-order valence-electron chi connectivity index (χ3n) is 4.42. The lowest BCUT2D eigenvalue weighted by molar-refractivity contribution is 0.0954. The van der Waals surface area contributed by atoms with E-state index in [9.17, 15) is 4.79 Å². The van der Waals surface area contributed by atoms with Gasteiger partial charge in [0, 0.05) is 6.54 Å². The average molecular weight is 413 g/mol. The van der Waals surface area contributed by atoms with Crippen LogP contribution in [-0.2, 0) is 6.54 Å². The second kappa shape index (κ2) is 9.24. The first kappa shape index (κ1) is 19.7. The number of carbonyl (C=O) groups excluding carboxylic acids is 1. The lowest BCUT2D eigenvalue weighted by Crippen LogP contribution is -2.22. The molecule has 1 amide bonds. The first-order valence-corrected chi connectivity index (χ1v) is 10.4. The molecule has 0 aliphatic heterocycles. The molecule has 4 rings (SSSR count). The van der Waals surface area contributed by atoms with Crippen molar-refractivity contribution < 1.29 is 4.79 Å². The Labute approximate surface area is 179 Å². The Hall–Kier alpha value is -3.64. The van der Waals surface area contributed by atoms with Gasteiger partial charge in [0.25, 0.3) is 5.91 Å². The van der Waals surface area contributed by atoms with Crippen LogP contribution in [0.3, 0.4) is 0 Å². The Morgan fingerprint density at radius 1 is 0.967 bits per heavy atom. The third kappa shape index (κ3) is 4.85. The summed E-state index contributed by atoms with van der Waals surface area (Å²) < 4.78 is 0. The van der Waals surface area contributed by atoms with E-state index in [2.05, 4.69) is 20.3 Å². The summed E-state index contributed by atoms with van der Waals surface area (Å²) in [6, 6.07) is 19.8. The monoisotopic (exact) mass is 412 g/mol. The van der Waals surface area contributed by atoms with Gasteiger partial charge in [0.05, 0.1) is 23.8 Å². The van der Waals surface area contributed by atoms with Crippen LogP contribution in [0.5, 0.6) is 0 Å². The highest BCUT2D eigenvalue weighted by atomic mass is 32.1. The van der Waals surface area contributed by atoms with Crippen LogP contribution in [0.2, 0.25) is 0 Å². The Bertz CT molecular complexity index is 1170. The number of rotatable bonds is 6. The van der Waals surface area contributed by atoms with Crippen LogP contribution in [0.15, 0.2) is 73.1 Å². The average Bonchev–Trinajstić information content (AvgIpc) is 3.19. The molecule has 0 radical (unpaired) electrons. The molecule has 2 aromatic carbocycles. The van der Waals surface area contributed by atoms with Gasteiger partial charge in [-0.3, -0.25) is 9.78 Å². The summed E-state index contributed by atoms with van der Waals surface area (Å²) in [7, 11) is 0. The van der Waals surface area contributed by atoms with Crippen LogP contribution in [0.25, 0.3) is 22.9 Å². The number of nitrogens with one attached hydrogen (secondary N) is 1. The lowest BCUT2D eigenvalue weighted by atomic mass is 10.2. The molecule has 0 unspecified atom stereocenters. The van der Waals surface area contributed by atoms with Crippen molar-refractivity contribution in [1.29, 1.82) is 0 Å². The molecule has 0 saturated carbocycles. The van der Waals surface area contributed by atoms with E-state index in [0.717, 1.165) is 16.8 Å². The molecular weight excluding hydrogens is 392 g/mol. The summed E-state index contributed by atoms with van der Waals surface area (Å²) in [6.45, 7) is 2.32. The molecule has 0 atom stereocenters. The van der Waals surface area contributed by atoms with E-state index in [-0.39, 0.29) is 5.91 Å². The highest BCUT2D eigenvalue weighted by Gasteiger charge is 2.17. The number of amides is 1. The van der Waals surface area contributed by atoms with Crippen LogP contribution >= 0.6 is 11.3 Å². The first-order valence-electron chi connectivity index (χ1n) is 9.54. The van der Waals surface area contributed by atoms with Crippen molar-refractivity contribution in [1.82, 2.24) is 20.3 Å². The SMILES string of the molecule is Cc1nc(-c2cncc(/C=C/c3ccccc3)n2)sc1C(=O)NCc1ccccc1. The Kier molecular flexibility index (Phi) is 6.06. The minimum atomic E-state index is -0.131. The van der Waals surface area contributed by atoms with Gasteiger partial charge in [-0.1, -0.05) is 66.7 Å². The fourth-order valence-corrected chi connectivity index (χ4v) is 3.82. The van der Waals surface area contributed by atoms with E-state index >= 15 is 0 Å². The highest BCUT2D eigenvalue weighted by Crippen LogP contribution is 2.26. The van der Waals surface area contributed by atoms with Crippen molar-refractivity contribution >= 4 is 29.4 Å². The maximum absolute atomic E-state index is 12.6. The molecule has 1 N–H and O–H groups in total. The summed E-state index contributed by atoms with van der Waals surface area (Å²) in [6.07, 6.45) is 7.28. The van der Waals surface area contributed by atoms with Gasteiger partial charge < -0.3 is 5.32 Å². The maximum atomic E-state index is 12.6. The topological polar surface area (TPSA) is 67.8 Å². The van der Waals surface area contributed by atoms with Crippen molar-refractivity contribution in [2.75, 3.05) is 0 Å². The number of aryl methyl sites for hydroxylation is 1. The molecule has 30 heavy (non-hydrogen) atoms. The summed E-state index contributed by atoms with van der Waals surface area (Å²) in [5, 5.41) is 3.64. The second-order valence-corrected chi connectivity index (χ2v) is 7.67.